The highest BCUT2D eigenvalue weighted by Crippen LogP contribution is 1.90. The van der Waals surface area contributed by atoms with Crippen molar-refractivity contribution in [1.29, 1.82) is 5.26 Å². The summed E-state index contributed by atoms with van der Waals surface area (Å²) in [6, 6.07) is 1.75. The summed E-state index contributed by atoms with van der Waals surface area (Å²) in [5, 5.41) is 7.32. The molecule has 0 radical (unpaired) electrons. The number of nitrogens with zero attached hydrogens (tertiary/aromatic N) is 4. The van der Waals surface area contributed by atoms with E-state index in [2.05, 4.69) is 15.0 Å². The largest absolute Gasteiger partial charge is 0.219 e. The molecule has 4 heteroatoms. The summed E-state index contributed by atoms with van der Waals surface area (Å²) in [6.07, 6.45) is 0. The van der Waals surface area contributed by atoms with Crippen molar-refractivity contribution in [3.63, 3.8) is 0 Å². The summed E-state index contributed by atoms with van der Waals surface area (Å²) >= 11 is 0. The fourth-order valence-electron chi connectivity index (χ4n) is 0.777. The SMILES string of the molecule is CC#N.Cc1nc(C)nc(C)n1.[2HH]. The van der Waals surface area contributed by atoms with Crippen LogP contribution in [0.3, 0.4) is 0 Å². The van der Waals surface area contributed by atoms with Gasteiger partial charge in [-0.05, 0) is 20.8 Å². The first kappa shape index (κ1) is 10.5. The number of rotatable bonds is 0. The molecule has 4 nitrogen and oxygen atoms in total. The Bertz CT molecular complexity index is 242. The van der Waals surface area contributed by atoms with Gasteiger partial charge in [0.05, 0.1) is 6.07 Å². The first-order valence-electron chi connectivity index (χ1n) is 3.57. The van der Waals surface area contributed by atoms with Crippen molar-refractivity contribution < 1.29 is 1.43 Å². The summed E-state index contributed by atoms with van der Waals surface area (Å²) in [5.74, 6) is 2.38. The van der Waals surface area contributed by atoms with Gasteiger partial charge in [-0.2, -0.15) is 5.26 Å². The normalized spacial score (nSPS) is 7.92. The Morgan fingerprint density at radius 2 is 1.17 bits per heavy atom. The molecule has 0 atom stereocenters. The molecule has 1 rings (SSSR count). The van der Waals surface area contributed by atoms with Crippen molar-refractivity contribution in [3.05, 3.63) is 17.5 Å². The van der Waals surface area contributed by atoms with E-state index in [4.69, 9.17) is 5.26 Å². The standard InChI is InChI=1S/C6H9N3.C2H3N.H2/c1-4-7-5(2)9-6(3)8-4;1-2-3;/h1-3H3;1H3;1H/i;;1+1. The van der Waals surface area contributed by atoms with Gasteiger partial charge in [0, 0.05) is 8.35 Å². The Morgan fingerprint density at radius 1 is 1.00 bits per heavy atom. The zero-order valence-corrected chi connectivity index (χ0v) is 7.79. The second-order valence-corrected chi connectivity index (χ2v) is 2.20. The smallest absolute Gasteiger partial charge is 0.129 e. The second kappa shape index (κ2) is 5.19. The molecule has 0 unspecified atom stereocenters. The van der Waals surface area contributed by atoms with Crippen LogP contribution in [0.25, 0.3) is 0 Å². The Balaban J connectivity index is 0. The summed E-state index contributed by atoms with van der Waals surface area (Å²) < 4.78 is 0. The maximum absolute atomic E-state index is 7.32. The van der Waals surface area contributed by atoms with Crippen LogP contribution < -0.4 is 0 Å². The lowest BCUT2D eigenvalue weighted by molar-refractivity contribution is 0.875. The molecule has 12 heavy (non-hydrogen) atoms. The van der Waals surface area contributed by atoms with Gasteiger partial charge in [-0.25, -0.2) is 15.0 Å². The van der Waals surface area contributed by atoms with Gasteiger partial charge < -0.3 is 0 Å². The lowest BCUT2D eigenvalue weighted by Gasteiger charge is -1.94. The molecule has 0 amide bonds. The highest BCUT2D eigenvalue weighted by molar-refractivity contribution is 4.91. The Morgan fingerprint density at radius 3 is 1.33 bits per heavy atom. The molecule has 0 aliphatic rings. The third-order valence-electron chi connectivity index (χ3n) is 0.971. The Hall–Kier alpha value is -1.50. The van der Waals surface area contributed by atoms with E-state index in [0.29, 0.717) is 0 Å². The van der Waals surface area contributed by atoms with Crippen LogP contribution >= 0.6 is 0 Å². The number of hydrogen-bond donors (Lipinski definition) is 0. The highest BCUT2D eigenvalue weighted by atomic mass is 15.0. The van der Waals surface area contributed by atoms with Gasteiger partial charge in [0.15, 0.2) is 0 Å². The quantitative estimate of drug-likeness (QED) is 0.588. The predicted octanol–water partition coefficient (Wildman–Crippen LogP) is 1.57. The van der Waals surface area contributed by atoms with E-state index in [0.717, 1.165) is 17.5 Å². The lowest BCUT2D eigenvalue weighted by Crippen LogP contribution is -1.97. The average molecular weight is 167 g/mol. The fourth-order valence-corrected chi connectivity index (χ4v) is 0.777. The minimum absolute atomic E-state index is 0. The van der Waals surface area contributed by atoms with E-state index < -0.39 is 0 Å². The van der Waals surface area contributed by atoms with Crippen LogP contribution in [0.15, 0.2) is 0 Å². The third kappa shape index (κ3) is 4.34. The van der Waals surface area contributed by atoms with E-state index >= 15 is 0 Å². The Kier molecular flexibility index (Phi) is 4.54. The molecule has 0 bridgehead atoms. The number of aromatic nitrogens is 3. The van der Waals surface area contributed by atoms with Crippen molar-refractivity contribution in [2.45, 2.75) is 27.7 Å². The van der Waals surface area contributed by atoms with Crippen LogP contribution in [0, 0.1) is 32.1 Å². The lowest BCUT2D eigenvalue weighted by atomic mass is 10.6. The molecule has 0 spiro atoms. The van der Waals surface area contributed by atoms with Crippen LogP contribution in [0.1, 0.15) is 25.8 Å². The van der Waals surface area contributed by atoms with Crippen LogP contribution in [0.5, 0.6) is 0 Å². The highest BCUT2D eigenvalue weighted by Gasteiger charge is 1.91. The minimum Gasteiger partial charge on any atom is -0.219 e. The van der Waals surface area contributed by atoms with Gasteiger partial charge in [-0.15, -0.1) is 0 Å². The van der Waals surface area contributed by atoms with Crippen LogP contribution in [-0.2, 0) is 0 Å². The molecule has 0 saturated heterocycles. The third-order valence-corrected chi connectivity index (χ3v) is 0.971. The molecular weight excluding hydrogens is 152 g/mol. The van der Waals surface area contributed by atoms with E-state index in [1.54, 1.807) is 6.07 Å². The topological polar surface area (TPSA) is 62.5 Å². The van der Waals surface area contributed by atoms with Crippen molar-refractivity contribution >= 4 is 0 Å². The average Bonchev–Trinajstić information content (AvgIpc) is 1.84. The van der Waals surface area contributed by atoms with Crippen LogP contribution in [-0.4, -0.2) is 15.0 Å². The van der Waals surface area contributed by atoms with Crippen LogP contribution in [0.4, 0.5) is 0 Å². The molecular formula is C8H14N4. The molecule has 1 heterocycles. The monoisotopic (exact) mass is 167 g/mol. The van der Waals surface area contributed by atoms with E-state index in [9.17, 15) is 0 Å². The van der Waals surface area contributed by atoms with E-state index in [-0.39, 0.29) is 1.43 Å². The summed E-state index contributed by atoms with van der Waals surface area (Å²) in [4.78, 5) is 12.0. The van der Waals surface area contributed by atoms with Gasteiger partial charge in [0.2, 0.25) is 0 Å². The van der Waals surface area contributed by atoms with Crippen LogP contribution in [0.2, 0.25) is 0 Å². The number of aryl methyl sites for hydroxylation is 3. The summed E-state index contributed by atoms with van der Waals surface area (Å²) in [7, 11) is 0. The van der Waals surface area contributed by atoms with Crippen molar-refractivity contribution in [1.82, 2.24) is 15.0 Å². The van der Waals surface area contributed by atoms with Gasteiger partial charge >= 0.3 is 0 Å². The maximum Gasteiger partial charge on any atom is 0.129 e. The molecule has 0 fully saturated rings. The van der Waals surface area contributed by atoms with Gasteiger partial charge in [-0.1, -0.05) is 0 Å². The number of nitriles is 1. The minimum atomic E-state index is 0. The molecule has 0 aliphatic carbocycles. The van der Waals surface area contributed by atoms with E-state index in [1.165, 1.54) is 6.92 Å². The number of hydrogen-bond acceptors (Lipinski definition) is 4. The predicted molar refractivity (Wildman–Crippen MR) is 47.4 cm³/mol. The van der Waals surface area contributed by atoms with Gasteiger partial charge in [-0.3, -0.25) is 0 Å². The van der Waals surface area contributed by atoms with Crippen molar-refractivity contribution in [2.24, 2.45) is 0 Å². The summed E-state index contributed by atoms with van der Waals surface area (Å²) in [6.45, 7) is 7.02. The van der Waals surface area contributed by atoms with Gasteiger partial charge in [0.25, 0.3) is 0 Å². The fraction of sp³-hybridized carbons (Fsp3) is 0.500. The molecule has 0 aromatic carbocycles. The van der Waals surface area contributed by atoms with Gasteiger partial charge in [0.1, 0.15) is 17.5 Å². The Labute approximate surface area is 73.8 Å². The first-order chi connectivity index (χ1) is 5.60. The molecule has 1 aromatic heterocycles. The molecule has 66 valence electrons. The molecule has 0 aliphatic heterocycles. The summed E-state index contributed by atoms with van der Waals surface area (Å²) in [5.41, 5.74) is 0. The second-order valence-electron chi connectivity index (χ2n) is 2.20. The molecule has 1 aromatic rings. The zero-order valence-electron chi connectivity index (χ0n) is 7.79. The first-order valence-corrected chi connectivity index (χ1v) is 3.57. The maximum atomic E-state index is 7.32. The molecule has 0 N–H and O–H groups in total. The van der Waals surface area contributed by atoms with E-state index in [1.807, 2.05) is 20.8 Å². The van der Waals surface area contributed by atoms with Crippen molar-refractivity contribution in [2.75, 3.05) is 0 Å². The zero-order chi connectivity index (χ0) is 9.56. The van der Waals surface area contributed by atoms with Crippen molar-refractivity contribution in [3.8, 4) is 6.07 Å². The molecule has 0 saturated carbocycles.